The Hall–Kier alpha value is -3.15. The Morgan fingerprint density at radius 2 is 2.04 bits per heavy atom. The van der Waals surface area contributed by atoms with Gasteiger partial charge in [-0.2, -0.15) is 0 Å². The minimum atomic E-state index is -0.145. The van der Waals surface area contributed by atoms with Gasteiger partial charge in [0.2, 0.25) is 5.91 Å². The molecule has 0 aliphatic rings. The number of rotatable bonds is 7. The van der Waals surface area contributed by atoms with Crippen LogP contribution in [-0.2, 0) is 17.8 Å². The van der Waals surface area contributed by atoms with Crippen LogP contribution < -0.4 is 15.6 Å². The molecule has 0 bridgehead atoms. The number of methoxy groups -OCH3 is 1. The molecule has 6 nitrogen and oxygen atoms in total. The third-order valence-corrected chi connectivity index (χ3v) is 4.10. The number of nitrogens with one attached hydrogen (secondary N) is 2. The fourth-order valence-electron chi connectivity index (χ4n) is 2.74. The molecule has 0 unspecified atom stereocenters. The first-order chi connectivity index (χ1) is 12.7. The molecular formula is C20H21N3O3. The average molecular weight is 351 g/mol. The number of aromatic amines is 1. The summed E-state index contributed by atoms with van der Waals surface area (Å²) in [7, 11) is 1.61. The van der Waals surface area contributed by atoms with Crippen molar-refractivity contribution in [3.8, 4) is 5.75 Å². The minimum absolute atomic E-state index is 0.0315. The molecule has 3 aromatic rings. The van der Waals surface area contributed by atoms with Gasteiger partial charge in [0.1, 0.15) is 11.6 Å². The highest BCUT2D eigenvalue weighted by Gasteiger charge is 2.06. The summed E-state index contributed by atoms with van der Waals surface area (Å²) in [6.45, 7) is 0.459. The first-order valence-corrected chi connectivity index (χ1v) is 8.53. The van der Waals surface area contributed by atoms with Crippen molar-refractivity contribution in [2.75, 3.05) is 7.11 Å². The Bertz CT molecular complexity index is 966. The maximum atomic E-state index is 12.0. The van der Waals surface area contributed by atoms with E-state index < -0.39 is 0 Å². The summed E-state index contributed by atoms with van der Waals surface area (Å²) in [4.78, 5) is 31.3. The maximum Gasteiger partial charge on any atom is 0.258 e. The topological polar surface area (TPSA) is 84.1 Å². The molecule has 0 spiro atoms. The van der Waals surface area contributed by atoms with Crippen LogP contribution in [0.1, 0.15) is 24.2 Å². The third-order valence-electron chi connectivity index (χ3n) is 4.10. The Kier molecular flexibility index (Phi) is 5.63. The van der Waals surface area contributed by atoms with Crippen LogP contribution in [0.4, 0.5) is 0 Å². The van der Waals surface area contributed by atoms with Gasteiger partial charge in [0.05, 0.1) is 18.0 Å². The second-order valence-corrected chi connectivity index (χ2v) is 6.01. The van der Waals surface area contributed by atoms with Crippen molar-refractivity contribution in [2.45, 2.75) is 25.8 Å². The third kappa shape index (κ3) is 4.47. The van der Waals surface area contributed by atoms with Crippen LogP contribution in [0.25, 0.3) is 10.9 Å². The van der Waals surface area contributed by atoms with E-state index in [0.29, 0.717) is 42.5 Å². The van der Waals surface area contributed by atoms with Crippen molar-refractivity contribution < 1.29 is 9.53 Å². The molecule has 0 saturated carbocycles. The van der Waals surface area contributed by atoms with Gasteiger partial charge in [0.15, 0.2) is 0 Å². The molecule has 1 aromatic heterocycles. The fraction of sp³-hybridized carbons (Fsp3) is 0.250. The van der Waals surface area contributed by atoms with Crippen molar-refractivity contribution >= 4 is 16.8 Å². The van der Waals surface area contributed by atoms with Gasteiger partial charge < -0.3 is 15.0 Å². The molecule has 0 aliphatic carbocycles. The zero-order chi connectivity index (χ0) is 18.4. The summed E-state index contributed by atoms with van der Waals surface area (Å²) < 4.78 is 5.17. The van der Waals surface area contributed by atoms with E-state index in [1.165, 1.54) is 0 Å². The molecule has 26 heavy (non-hydrogen) atoms. The largest absolute Gasteiger partial charge is 0.497 e. The van der Waals surface area contributed by atoms with E-state index in [4.69, 9.17) is 4.74 Å². The number of H-pyrrole nitrogens is 1. The number of aryl methyl sites for hydroxylation is 1. The van der Waals surface area contributed by atoms with Crippen molar-refractivity contribution in [3.63, 3.8) is 0 Å². The van der Waals surface area contributed by atoms with Crippen LogP contribution in [-0.4, -0.2) is 23.0 Å². The van der Waals surface area contributed by atoms with Crippen LogP contribution in [0.5, 0.6) is 5.75 Å². The molecule has 6 heteroatoms. The average Bonchev–Trinajstić information content (AvgIpc) is 2.66. The molecule has 0 saturated heterocycles. The lowest BCUT2D eigenvalue weighted by molar-refractivity contribution is -0.121. The van der Waals surface area contributed by atoms with Crippen molar-refractivity contribution in [3.05, 3.63) is 70.3 Å². The lowest BCUT2D eigenvalue weighted by Crippen LogP contribution is -2.22. The van der Waals surface area contributed by atoms with Crippen molar-refractivity contribution in [2.24, 2.45) is 0 Å². The predicted molar refractivity (Wildman–Crippen MR) is 100 cm³/mol. The molecule has 1 amide bonds. The van der Waals surface area contributed by atoms with Crippen LogP contribution in [0.3, 0.4) is 0 Å². The summed E-state index contributed by atoms with van der Waals surface area (Å²) in [5.41, 5.74) is 1.51. The summed E-state index contributed by atoms with van der Waals surface area (Å²) >= 11 is 0. The number of amides is 1. The van der Waals surface area contributed by atoms with Gasteiger partial charge in [-0.25, -0.2) is 4.98 Å². The normalized spacial score (nSPS) is 10.7. The number of carbonyl (C=O) groups excluding carboxylic acids is 1. The SMILES string of the molecule is COc1cccc(CNC(=O)CCCc2nc3ccccc3c(=O)[nH]2)c1. The molecule has 2 aromatic carbocycles. The lowest BCUT2D eigenvalue weighted by atomic mass is 10.2. The van der Waals surface area contributed by atoms with Crippen molar-refractivity contribution in [1.82, 2.24) is 15.3 Å². The number of hydrogen-bond acceptors (Lipinski definition) is 4. The van der Waals surface area contributed by atoms with E-state index in [2.05, 4.69) is 15.3 Å². The van der Waals surface area contributed by atoms with Gasteiger partial charge in [0.25, 0.3) is 5.56 Å². The van der Waals surface area contributed by atoms with Crippen molar-refractivity contribution in [1.29, 1.82) is 0 Å². The molecule has 1 heterocycles. The second kappa shape index (κ2) is 8.29. The number of fused-ring (bicyclic) bond motifs is 1. The zero-order valence-corrected chi connectivity index (χ0v) is 14.6. The number of aromatic nitrogens is 2. The van der Waals surface area contributed by atoms with Gasteiger partial charge in [-0.1, -0.05) is 24.3 Å². The maximum absolute atomic E-state index is 12.0. The number of nitrogens with zero attached hydrogens (tertiary/aromatic N) is 1. The van der Waals surface area contributed by atoms with Crippen LogP contribution >= 0.6 is 0 Å². The number of para-hydroxylation sites is 1. The molecule has 0 aliphatic heterocycles. The van der Waals surface area contributed by atoms with Gasteiger partial charge in [-0.15, -0.1) is 0 Å². The molecule has 0 atom stereocenters. The first-order valence-electron chi connectivity index (χ1n) is 8.53. The first kappa shape index (κ1) is 17.7. The van der Waals surface area contributed by atoms with Crippen LogP contribution in [0.15, 0.2) is 53.3 Å². The smallest absolute Gasteiger partial charge is 0.258 e. The Labute approximate surface area is 151 Å². The molecule has 2 N–H and O–H groups in total. The summed E-state index contributed by atoms with van der Waals surface area (Å²) in [6.07, 6.45) is 1.54. The minimum Gasteiger partial charge on any atom is -0.497 e. The zero-order valence-electron chi connectivity index (χ0n) is 14.6. The highest BCUT2D eigenvalue weighted by Crippen LogP contribution is 2.12. The number of hydrogen-bond donors (Lipinski definition) is 2. The Morgan fingerprint density at radius 1 is 1.19 bits per heavy atom. The summed E-state index contributed by atoms with van der Waals surface area (Å²) in [5, 5.41) is 3.47. The van der Waals surface area contributed by atoms with E-state index in [1.807, 2.05) is 42.5 Å². The highest BCUT2D eigenvalue weighted by molar-refractivity contribution is 5.77. The van der Waals surface area contributed by atoms with Gasteiger partial charge >= 0.3 is 0 Å². The molecule has 0 fully saturated rings. The number of carbonyl (C=O) groups is 1. The highest BCUT2D eigenvalue weighted by atomic mass is 16.5. The van der Waals surface area contributed by atoms with Crippen LogP contribution in [0.2, 0.25) is 0 Å². The Morgan fingerprint density at radius 3 is 2.88 bits per heavy atom. The summed E-state index contributed by atoms with van der Waals surface area (Å²) in [5.74, 6) is 1.34. The summed E-state index contributed by atoms with van der Waals surface area (Å²) in [6, 6.07) is 14.8. The molecule has 3 rings (SSSR count). The molecule has 134 valence electrons. The van der Waals surface area contributed by atoms with Gasteiger partial charge in [-0.05, 0) is 36.2 Å². The van der Waals surface area contributed by atoms with E-state index in [1.54, 1.807) is 13.2 Å². The van der Waals surface area contributed by atoms with Crippen LogP contribution in [0, 0.1) is 0 Å². The van der Waals surface area contributed by atoms with E-state index in [9.17, 15) is 9.59 Å². The van der Waals surface area contributed by atoms with E-state index in [-0.39, 0.29) is 11.5 Å². The Balaban J connectivity index is 1.50. The molecule has 0 radical (unpaired) electrons. The number of benzene rings is 2. The second-order valence-electron chi connectivity index (χ2n) is 6.01. The van der Waals surface area contributed by atoms with Gasteiger partial charge in [0, 0.05) is 19.4 Å². The number of ether oxygens (including phenoxy) is 1. The lowest BCUT2D eigenvalue weighted by Gasteiger charge is -2.07. The standard InChI is InChI=1S/C20H21N3O3/c1-26-15-7-4-6-14(12-15)13-21-19(24)11-5-10-18-22-17-9-3-2-8-16(17)20(25)23-18/h2-4,6-9,12H,5,10-11,13H2,1H3,(H,21,24)(H,22,23,25). The monoisotopic (exact) mass is 351 g/mol. The molecular weight excluding hydrogens is 330 g/mol. The fourth-order valence-corrected chi connectivity index (χ4v) is 2.74. The van der Waals surface area contributed by atoms with Gasteiger partial charge in [-0.3, -0.25) is 9.59 Å². The van der Waals surface area contributed by atoms with E-state index in [0.717, 1.165) is 11.3 Å². The predicted octanol–water partition coefficient (Wildman–Crippen LogP) is 2.57. The van der Waals surface area contributed by atoms with E-state index >= 15 is 0 Å². The quantitative estimate of drug-likeness (QED) is 0.685.